The molecular weight excluding hydrogens is 412 g/mol. The van der Waals surface area contributed by atoms with Crippen LogP contribution in [-0.2, 0) is 12.2 Å². The minimum Gasteiger partial charge on any atom is -0.447 e. The normalized spacial score (nSPS) is 10.9. The fourth-order valence-electron chi connectivity index (χ4n) is 3.05. The van der Waals surface area contributed by atoms with Gasteiger partial charge in [0.25, 0.3) is 5.91 Å². The van der Waals surface area contributed by atoms with E-state index in [0.29, 0.717) is 24.6 Å². The van der Waals surface area contributed by atoms with Gasteiger partial charge in [0.15, 0.2) is 10.9 Å². The van der Waals surface area contributed by atoms with Crippen LogP contribution in [-0.4, -0.2) is 37.2 Å². The molecule has 0 radical (unpaired) electrons. The molecule has 4 rings (SSSR count). The Morgan fingerprint density at radius 1 is 1.16 bits per heavy atom. The Kier molecular flexibility index (Phi) is 6.42. The molecule has 0 aliphatic carbocycles. The lowest BCUT2D eigenvalue weighted by molar-refractivity contribution is 0.0949. The van der Waals surface area contributed by atoms with Gasteiger partial charge in [-0.05, 0) is 43.7 Å². The lowest BCUT2D eigenvalue weighted by Crippen LogP contribution is -2.26. The number of hydrogen-bond donors (Lipinski definition) is 1. The van der Waals surface area contributed by atoms with Crippen molar-refractivity contribution < 1.29 is 9.21 Å². The van der Waals surface area contributed by atoms with Crippen LogP contribution in [0.15, 0.2) is 64.5 Å². The Morgan fingerprint density at radius 2 is 2.06 bits per heavy atom. The highest BCUT2D eigenvalue weighted by atomic mass is 32.2. The van der Waals surface area contributed by atoms with Gasteiger partial charge in [0.05, 0.1) is 5.75 Å². The van der Waals surface area contributed by atoms with E-state index in [9.17, 15) is 4.79 Å². The molecule has 158 valence electrons. The number of rotatable bonds is 8. The highest BCUT2D eigenvalue weighted by molar-refractivity contribution is 7.98. The highest BCUT2D eigenvalue weighted by Gasteiger charge is 2.15. The van der Waals surface area contributed by atoms with Crippen LogP contribution < -0.4 is 5.32 Å². The minimum absolute atomic E-state index is 0.257. The summed E-state index contributed by atoms with van der Waals surface area (Å²) >= 11 is 1.45. The molecule has 3 heterocycles. The first-order valence-electron chi connectivity index (χ1n) is 9.84. The van der Waals surface area contributed by atoms with Crippen LogP contribution in [0.1, 0.15) is 33.5 Å². The standard InChI is InChI=1S/C22H22N6O2S/c1-15-6-5-8-18(12-15)28-16(2)26-27-22(28)31-14-20-25-19(13-30-20)21(29)24-11-9-17-7-3-4-10-23-17/h3-8,10,12-13H,9,11,14H2,1-2H3,(H,24,29). The van der Waals surface area contributed by atoms with Gasteiger partial charge in [-0.2, -0.15) is 0 Å². The summed E-state index contributed by atoms with van der Waals surface area (Å²) in [5, 5.41) is 12.0. The van der Waals surface area contributed by atoms with Gasteiger partial charge in [-0.1, -0.05) is 30.0 Å². The lowest BCUT2D eigenvalue weighted by Gasteiger charge is -2.08. The summed E-state index contributed by atoms with van der Waals surface area (Å²) in [5.41, 5.74) is 3.35. The van der Waals surface area contributed by atoms with Gasteiger partial charge in [0.2, 0.25) is 5.89 Å². The number of carbonyl (C=O) groups is 1. The third kappa shape index (κ3) is 5.18. The molecular formula is C22H22N6O2S. The summed E-state index contributed by atoms with van der Waals surface area (Å²) in [7, 11) is 0. The van der Waals surface area contributed by atoms with Crippen molar-refractivity contribution in [2.45, 2.75) is 31.2 Å². The van der Waals surface area contributed by atoms with Crippen LogP contribution in [0.5, 0.6) is 0 Å². The van der Waals surface area contributed by atoms with Crippen LogP contribution in [0.25, 0.3) is 5.69 Å². The van der Waals surface area contributed by atoms with Crippen LogP contribution in [0.3, 0.4) is 0 Å². The number of carbonyl (C=O) groups excluding carboxylic acids is 1. The first-order valence-corrected chi connectivity index (χ1v) is 10.8. The van der Waals surface area contributed by atoms with Crippen molar-refractivity contribution >= 4 is 17.7 Å². The van der Waals surface area contributed by atoms with Gasteiger partial charge in [0.1, 0.15) is 12.1 Å². The molecule has 3 aromatic heterocycles. The number of nitrogens with zero attached hydrogens (tertiary/aromatic N) is 5. The topological polar surface area (TPSA) is 98.7 Å². The summed E-state index contributed by atoms with van der Waals surface area (Å²) in [6, 6.07) is 13.9. The second-order valence-corrected chi connectivity index (χ2v) is 7.89. The zero-order valence-corrected chi connectivity index (χ0v) is 18.1. The van der Waals surface area contributed by atoms with Crippen molar-refractivity contribution in [3.63, 3.8) is 0 Å². The van der Waals surface area contributed by atoms with Crippen LogP contribution in [0.2, 0.25) is 0 Å². The molecule has 0 aliphatic heterocycles. The number of benzene rings is 1. The fourth-order valence-corrected chi connectivity index (χ4v) is 3.90. The van der Waals surface area contributed by atoms with Gasteiger partial charge in [0, 0.05) is 30.5 Å². The number of oxazole rings is 1. The molecule has 31 heavy (non-hydrogen) atoms. The molecule has 0 aliphatic rings. The summed E-state index contributed by atoms with van der Waals surface area (Å²) in [4.78, 5) is 20.9. The Bertz CT molecular complexity index is 1170. The smallest absolute Gasteiger partial charge is 0.273 e. The number of hydrogen-bond acceptors (Lipinski definition) is 7. The van der Waals surface area contributed by atoms with Crippen LogP contribution in [0, 0.1) is 13.8 Å². The van der Waals surface area contributed by atoms with E-state index in [4.69, 9.17) is 4.42 Å². The highest BCUT2D eigenvalue weighted by Crippen LogP contribution is 2.25. The average molecular weight is 435 g/mol. The summed E-state index contributed by atoms with van der Waals surface area (Å²) in [6.07, 6.45) is 3.77. The molecule has 0 unspecified atom stereocenters. The second kappa shape index (κ2) is 9.57. The van der Waals surface area contributed by atoms with E-state index in [2.05, 4.69) is 31.5 Å². The third-order valence-corrected chi connectivity index (χ3v) is 5.47. The van der Waals surface area contributed by atoms with Crippen molar-refractivity contribution in [2.75, 3.05) is 6.54 Å². The van der Waals surface area contributed by atoms with E-state index in [1.54, 1.807) is 6.20 Å². The minimum atomic E-state index is -0.269. The average Bonchev–Trinajstić information content (AvgIpc) is 3.39. The largest absolute Gasteiger partial charge is 0.447 e. The van der Waals surface area contributed by atoms with Gasteiger partial charge >= 0.3 is 0 Å². The molecule has 1 aromatic carbocycles. The van der Waals surface area contributed by atoms with Crippen LogP contribution >= 0.6 is 11.8 Å². The maximum Gasteiger partial charge on any atom is 0.273 e. The molecule has 0 bridgehead atoms. The van der Waals surface area contributed by atoms with Gasteiger partial charge in [-0.3, -0.25) is 14.3 Å². The Hall–Kier alpha value is -3.46. The summed E-state index contributed by atoms with van der Waals surface area (Å²) < 4.78 is 7.47. The lowest BCUT2D eigenvalue weighted by atomic mass is 10.2. The number of aromatic nitrogens is 5. The SMILES string of the molecule is Cc1cccc(-n2c(C)nnc2SCc2nc(C(=O)NCCc3ccccn3)co2)c1. The van der Waals surface area contributed by atoms with Crippen molar-refractivity contribution in [1.29, 1.82) is 0 Å². The molecule has 8 nitrogen and oxygen atoms in total. The fraction of sp³-hybridized carbons (Fsp3) is 0.227. The predicted octanol–water partition coefficient (Wildman–Crippen LogP) is 3.53. The van der Waals surface area contributed by atoms with Crippen molar-refractivity contribution in [3.8, 4) is 5.69 Å². The first-order chi connectivity index (χ1) is 15.1. The maximum atomic E-state index is 12.3. The first kappa shape index (κ1) is 20.8. The van der Waals surface area contributed by atoms with E-state index in [1.807, 2.05) is 54.8 Å². The molecule has 1 amide bonds. The molecule has 0 saturated heterocycles. The van der Waals surface area contributed by atoms with Gasteiger partial charge < -0.3 is 9.73 Å². The predicted molar refractivity (Wildman–Crippen MR) is 117 cm³/mol. The van der Waals surface area contributed by atoms with E-state index in [0.717, 1.165) is 27.9 Å². The molecule has 1 N–H and O–H groups in total. The van der Waals surface area contributed by atoms with Crippen molar-refractivity contribution in [1.82, 2.24) is 30.0 Å². The zero-order chi connectivity index (χ0) is 21.6. The quantitative estimate of drug-likeness (QED) is 0.424. The number of pyridine rings is 1. The zero-order valence-electron chi connectivity index (χ0n) is 17.3. The Balaban J connectivity index is 1.35. The summed E-state index contributed by atoms with van der Waals surface area (Å²) in [6.45, 7) is 4.44. The molecule has 4 aromatic rings. The van der Waals surface area contributed by atoms with E-state index < -0.39 is 0 Å². The van der Waals surface area contributed by atoms with Gasteiger partial charge in [-0.25, -0.2) is 4.98 Å². The molecule has 0 fully saturated rings. The Morgan fingerprint density at radius 3 is 2.87 bits per heavy atom. The molecule has 0 saturated carbocycles. The maximum absolute atomic E-state index is 12.3. The van der Waals surface area contributed by atoms with E-state index >= 15 is 0 Å². The van der Waals surface area contributed by atoms with E-state index in [1.165, 1.54) is 18.0 Å². The number of aryl methyl sites for hydroxylation is 2. The Labute approximate surface area is 184 Å². The van der Waals surface area contributed by atoms with Crippen molar-refractivity contribution in [2.24, 2.45) is 0 Å². The monoisotopic (exact) mass is 434 g/mol. The van der Waals surface area contributed by atoms with E-state index in [-0.39, 0.29) is 11.6 Å². The van der Waals surface area contributed by atoms with Gasteiger partial charge in [-0.15, -0.1) is 10.2 Å². The number of thioether (sulfide) groups is 1. The van der Waals surface area contributed by atoms with Crippen LogP contribution in [0.4, 0.5) is 0 Å². The molecule has 0 atom stereocenters. The number of nitrogens with one attached hydrogen (secondary N) is 1. The second-order valence-electron chi connectivity index (χ2n) is 6.95. The van der Waals surface area contributed by atoms with Crippen molar-refractivity contribution in [3.05, 3.63) is 83.6 Å². The summed E-state index contributed by atoms with van der Waals surface area (Å²) in [5.74, 6) is 1.42. The molecule has 0 spiro atoms. The third-order valence-electron chi connectivity index (χ3n) is 4.56. The molecule has 9 heteroatoms. The number of amides is 1.